The van der Waals surface area contributed by atoms with Crippen molar-refractivity contribution in [3.63, 3.8) is 0 Å². The average molecular weight is 1040 g/mol. The number of allylic oxidation sites excluding steroid dienone is 8. The van der Waals surface area contributed by atoms with Crippen molar-refractivity contribution in [3.8, 4) is 44.5 Å². The van der Waals surface area contributed by atoms with Crippen molar-refractivity contribution in [2.75, 3.05) is 14.7 Å². The molecule has 0 amide bonds. The van der Waals surface area contributed by atoms with Crippen LogP contribution in [0, 0.1) is 0 Å². The van der Waals surface area contributed by atoms with Crippen LogP contribution < -0.4 is 14.7 Å². The fourth-order valence-corrected chi connectivity index (χ4v) is 10.5. The molecular formula is C78H59N3. The minimum Gasteiger partial charge on any atom is -0.323 e. The number of hydrogen-bond acceptors (Lipinski definition) is 3. The van der Waals surface area contributed by atoms with Crippen LogP contribution in [-0.4, -0.2) is 0 Å². The molecule has 3 nitrogen and oxygen atoms in total. The van der Waals surface area contributed by atoms with Crippen molar-refractivity contribution in [1.29, 1.82) is 0 Å². The van der Waals surface area contributed by atoms with E-state index >= 15 is 0 Å². The van der Waals surface area contributed by atoms with Gasteiger partial charge in [0.25, 0.3) is 0 Å². The lowest BCUT2D eigenvalue weighted by Gasteiger charge is -2.25. The van der Waals surface area contributed by atoms with E-state index in [1.165, 1.54) is 5.56 Å². The Morgan fingerprint density at radius 2 is 0.519 bits per heavy atom. The highest BCUT2D eigenvalue weighted by atomic mass is 15.1. The maximum atomic E-state index is 4.62. The Balaban J connectivity index is 0.886. The maximum Gasteiger partial charge on any atom is 0.0528 e. The van der Waals surface area contributed by atoms with Gasteiger partial charge in [-0.1, -0.05) is 225 Å². The minimum absolute atomic E-state index is 0.823. The predicted octanol–water partition coefficient (Wildman–Crippen LogP) is 21.4. The second-order valence-electron chi connectivity index (χ2n) is 20.0. The first-order valence-electron chi connectivity index (χ1n) is 27.4. The van der Waals surface area contributed by atoms with E-state index in [2.05, 4.69) is 362 Å². The number of para-hydroxylation sites is 4. The van der Waals surface area contributed by atoms with Crippen LogP contribution in [0.2, 0.25) is 0 Å². The number of benzene rings is 11. The van der Waals surface area contributed by atoms with E-state index in [0.717, 1.165) is 112 Å². The molecule has 0 bridgehead atoms. The molecule has 1 aliphatic rings. The standard InChI is InChI=1S/C78H59N3/c1-58-55-69(65-37-33-61(34-38-65)63-41-46-75(47-42-63)80(71-25-13-5-14-26-71)72-27-15-6-16-28-72)51-53-79(78-50-45-68(60-21-9-3-10-22-60)57-77(78)67-23-11-4-12-24-67)54-52-70(56-59(58)2)66-39-35-62(36-40-66)64-43-48-76(49-44-64)81(73-29-17-7-18-30-73)74-31-19-8-20-32-74/h3-57H,1-2H2/b53-51-,54-52-,69-55+,70-56+. The Morgan fingerprint density at radius 1 is 0.247 bits per heavy atom. The lowest BCUT2D eigenvalue weighted by atomic mass is 9.95. The molecule has 3 heteroatoms. The summed E-state index contributed by atoms with van der Waals surface area (Å²) in [6.07, 6.45) is 13.0. The molecular weight excluding hydrogens is 979 g/mol. The highest BCUT2D eigenvalue weighted by Gasteiger charge is 2.17. The molecule has 11 aromatic carbocycles. The first-order valence-corrected chi connectivity index (χ1v) is 27.4. The van der Waals surface area contributed by atoms with E-state index in [1.807, 2.05) is 0 Å². The van der Waals surface area contributed by atoms with Gasteiger partial charge in [0, 0.05) is 52.1 Å². The fourth-order valence-electron chi connectivity index (χ4n) is 10.5. The first-order chi connectivity index (χ1) is 40.0. The van der Waals surface area contributed by atoms with E-state index < -0.39 is 0 Å². The van der Waals surface area contributed by atoms with Gasteiger partial charge in [-0.15, -0.1) is 0 Å². The number of rotatable bonds is 13. The molecule has 1 heterocycles. The van der Waals surface area contributed by atoms with Gasteiger partial charge in [0.2, 0.25) is 0 Å². The summed E-state index contributed by atoms with van der Waals surface area (Å²) in [7, 11) is 0. The van der Waals surface area contributed by atoms with E-state index in [-0.39, 0.29) is 0 Å². The van der Waals surface area contributed by atoms with Gasteiger partial charge in [0.05, 0.1) is 5.69 Å². The Bertz CT molecular complexity index is 3770. The van der Waals surface area contributed by atoms with Gasteiger partial charge in [-0.2, -0.15) is 0 Å². The predicted molar refractivity (Wildman–Crippen MR) is 345 cm³/mol. The van der Waals surface area contributed by atoms with Crippen LogP contribution in [0.5, 0.6) is 0 Å². The summed E-state index contributed by atoms with van der Waals surface area (Å²) in [5.41, 5.74) is 22.5. The molecule has 0 saturated carbocycles. The molecule has 81 heavy (non-hydrogen) atoms. The fraction of sp³-hybridized carbons (Fsp3) is 0. The van der Waals surface area contributed by atoms with Crippen LogP contribution in [-0.2, 0) is 0 Å². The summed E-state index contributed by atoms with van der Waals surface area (Å²) in [6.45, 7) is 9.23. The lowest BCUT2D eigenvalue weighted by Crippen LogP contribution is -2.09. The normalized spacial score (nSPS) is 14.6. The lowest BCUT2D eigenvalue weighted by molar-refractivity contribution is 1.28. The van der Waals surface area contributed by atoms with Crippen LogP contribution in [0.4, 0.5) is 39.8 Å². The van der Waals surface area contributed by atoms with Gasteiger partial charge in [-0.05, 0) is 182 Å². The molecule has 0 aliphatic carbocycles. The topological polar surface area (TPSA) is 9.72 Å². The van der Waals surface area contributed by atoms with Crippen molar-refractivity contribution in [2.24, 2.45) is 0 Å². The molecule has 11 aromatic rings. The molecule has 1 aliphatic heterocycles. The molecule has 0 saturated heterocycles. The Kier molecular flexibility index (Phi) is 15.0. The van der Waals surface area contributed by atoms with Crippen molar-refractivity contribution in [3.05, 3.63) is 369 Å². The Labute approximate surface area is 477 Å². The van der Waals surface area contributed by atoms with Crippen LogP contribution in [0.3, 0.4) is 0 Å². The monoisotopic (exact) mass is 1040 g/mol. The van der Waals surface area contributed by atoms with Crippen molar-refractivity contribution >= 4 is 51.0 Å². The quantitative estimate of drug-likeness (QED) is 0.114. The SMILES string of the molecule is C=C1/C=C(c2ccc(-c3ccc(N(c4ccccc4)c4ccccc4)cc3)cc2)\C=C/N(c2ccc(-c3ccccc3)cc2-c2ccccc2)/C=C\C(c2ccc(-c3ccc(N(c4ccccc4)c4ccccc4)cc3)cc2)=C/C1=C. The smallest absolute Gasteiger partial charge is 0.0528 e. The van der Waals surface area contributed by atoms with Crippen LogP contribution >= 0.6 is 0 Å². The summed E-state index contributed by atoms with van der Waals surface area (Å²) in [4.78, 5) is 6.81. The second kappa shape index (κ2) is 23.9. The highest BCUT2D eigenvalue weighted by molar-refractivity contribution is 5.89. The van der Waals surface area contributed by atoms with Crippen LogP contribution in [0.1, 0.15) is 11.1 Å². The van der Waals surface area contributed by atoms with Crippen molar-refractivity contribution < 1.29 is 0 Å². The molecule has 386 valence electrons. The van der Waals surface area contributed by atoms with E-state index in [1.54, 1.807) is 0 Å². The van der Waals surface area contributed by atoms with Gasteiger partial charge in [0.1, 0.15) is 0 Å². The summed E-state index contributed by atoms with van der Waals surface area (Å²) < 4.78 is 0. The molecule has 0 N–H and O–H groups in total. The third-order valence-electron chi connectivity index (χ3n) is 14.8. The van der Waals surface area contributed by atoms with E-state index in [0.29, 0.717) is 0 Å². The Morgan fingerprint density at radius 3 is 0.877 bits per heavy atom. The molecule has 12 rings (SSSR count). The summed E-state index contributed by atoms with van der Waals surface area (Å²) in [6, 6.07) is 105. The maximum absolute atomic E-state index is 4.62. The number of anilines is 7. The molecule has 0 fully saturated rings. The molecule has 0 spiro atoms. The van der Waals surface area contributed by atoms with E-state index in [9.17, 15) is 0 Å². The van der Waals surface area contributed by atoms with Gasteiger partial charge >= 0.3 is 0 Å². The third kappa shape index (κ3) is 11.6. The molecule has 0 atom stereocenters. The zero-order chi connectivity index (χ0) is 54.7. The molecule has 0 radical (unpaired) electrons. The number of nitrogens with zero attached hydrogens (tertiary/aromatic N) is 3. The minimum atomic E-state index is 0.823. The summed E-state index contributed by atoms with van der Waals surface area (Å²) in [5.74, 6) is 0. The molecule has 0 unspecified atom stereocenters. The zero-order valence-corrected chi connectivity index (χ0v) is 45.0. The zero-order valence-electron chi connectivity index (χ0n) is 45.0. The van der Waals surface area contributed by atoms with Gasteiger partial charge in [0.15, 0.2) is 0 Å². The van der Waals surface area contributed by atoms with Gasteiger partial charge < -0.3 is 14.7 Å². The average Bonchev–Trinajstić information content (AvgIpc) is 3.57. The van der Waals surface area contributed by atoms with Gasteiger partial charge in [-0.3, -0.25) is 0 Å². The number of hydrogen-bond donors (Lipinski definition) is 0. The molecule has 0 aromatic heterocycles. The first kappa shape index (κ1) is 51.0. The van der Waals surface area contributed by atoms with Crippen LogP contribution in [0.25, 0.3) is 55.7 Å². The highest BCUT2D eigenvalue weighted by Crippen LogP contribution is 2.40. The van der Waals surface area contributed by atoms with Gasteiger partial charge in [-0.25, -0.2) is 0 Å². The summed E-state index contributed by atoms with van der Waals surface area (Å²) >= 11 is 0. The van der Waals surface area contributed by atoms with E-state index in [4.69, 9.17) is 0 Å². The Hall–Kier alpha value is -10.7. The third-order valence-corrected chi connectivity index (χ3v) is 14.8. The van der Waals surface area contributed by atoms with Crippen molar-refractivity contribution in [1.82, 2.24) is 0 Å². The second-order valence-corrected chi connectivity index (χ2v) is 20.0. The van der Waals surface area contributed by atoms with Crippen molar-refractivity contribution in [2.45, 2.75) is 0 Å². The largest absolute Gasteiger partial charge is 0.323 e. The summed E-state index contributed by atoms with van der Waals surface area (Å²) in [5, 5.41) is 0. The van der Waals surface area contributed by atoms with Crippen LogP contribution in [0.15, 0.2) is 358 Å².